The largest absolute Gasteiger partial charge is 0.384 e. The highest BCUT2D eigenvalue weighted by Crippen LogP contribution is 2.30. The Bertz CT molecular complexity index is 402. The fraction of sp³-hybridized carbons (Fsp3) is 0.850. The van der Waals surface area contributed by atoms with Crippen LogP contribution in [-0.4, -0.2) is 51.1 Å². The summed E-state index contributed by atoms with van der Waals surface area (Å²) in [5, 5.41) is 2.65. The average molecular weight is 393 g/mol. The number of amides is 2. The number of ketones is 1. The summed E-state index contributed by atoms with van der Waals surface area (Å²) in [5.74, 6) is 0.795. The van der Waals surface area contributed by atoms with Gasteiger partial charge in [-0.05, 0) is 19.3 Å². The Morgan fingerprint density at radius 2 is 1.78 bits per heavy atom. The number of hydrogen-bond acceptors (Lipinski definition) is 5. The second-order valence-corrected chi connectivity index (χ2v) is 6.26. The van der Waals surface area contributed by atoms with Gasteiger partial charge in [0.15, 0.2) is 0 Å². The number of hydrogen-bond donors (Lipinski definition) is 2. The molecular formula is C20H44N2O5. The monoisotopic (exact) mass is 392 g/mol. The Morgan fingerprint density at radius 3 is 2.22 bits per heavy atom. The van der Waals surface area contributed by atoms with Crippen LogP contribution in [0.25, 0.3) is 0 Å². The first kappa shape index (κ1) is 27.7. The van der Waals surface area contributed by atoms with Crippen LogP contribution in [0.3, 0.4) is 0 Å². The summed E-state index contributed by atoms with van der Waals surface area (Å²) in [6, 6.07) is 0. The predicted molar refractivity (Wildman–Crippen MR) is 112 cm³/mol. The first-order valence-electron chi connectivity index (χ1n) is 10.1. The first-order chi connectivity index (χ1) is 12.9. The summed E-state index contributed by atoms with van der Waals surface area (Å²) in [4.78, 5) is 32.7. The maximum atomic E-state index is 11.4. The molecule has 0 aromatic carbocycles. The standard InChI is InChI=1S/C9H18N2O4.C9H16O.C2H6.2H2/c1-14-5-3-9(13)11-4-7-15-6-2-8(10)12;1-3-7(2)9(10)8-5-4-6-8;1-2;;/h2-7H2,1H3,(H2,10,12)(H,11,13);7-8H,3-6H2,1-2H3;1-2H3;2*1H. The minimum atomic E-state index is -0.390. The van der Waals surface area contributed by atoms with Gasteiger partial charge in [0.2, 0.25) is 11.8 Å². The van der Waals surface area contributed by atoms with E-state index in [1.54, 1.807) is 7.11 Å². The summed E-state index contributed by atoms with van der Waals surface area (Å²) in [5.41, 5.74) is 4.91. The topological polar surface area (TPSA) is 108 Å². The number of nitrogens with one attached hydrogen (secondary N) is 1. The zero-order valence-corrected chi connectivity index (χ0v) is 17.8. The zero-order chi connectivity index (χ0) is 21.1. The summed E-state index contributed by atoms with van der Waals surface area (Å²) >= 11 is 0. The van der Waals surface area contributed by atoms with Gasteiger partial charge in [-0.25, -0.2) is 0 Å². The number of rotatable bonds is 12. The van der Waals surface area contributed by atoms with E-state index in [0.29, 0.717) is 50.4 Å². The van der Waals surface area contributed by atoms with Crippen molar-refractivity contribution in [3.8, 4) is 0 Å². The molecule has 7 heteroatoms. The molecule has 0 heterocycles. The summed E-state index contributed by atoms with van der Waals surface area (Å²) < 4.78 is 9.79. The number of carbonyl (C=O) groups excluding carboxylic acids is 3. The van der Waals surface area contributed by atoms with E-state index in [2.05, 4.69) is 12.2 Å². The highest BCUT2D eigenvalue weighted by molar-refractivity contribution is 5.83. The lowest BCUT2D eigenvalue weighted by molar-refractivity contribution is -0.128. The van der Waals surface area contributed by atoms with E-state index >= 15 is 0 Å². The molecular weight excluding hydrogens is 348 g/mol. The second kappa shape index (κ2) is 19.3. The number of methoxy groups -OCH3 is 1. The molecule has 0 spiro atoms. The van der Waals surface area contributed by atoms with Crippen LogP contribution in [0, 0.1) is 11.8 Å². The van der Waals surface area contributed by atoms with Crippen molar-refractivity contribution >= 4 is 17.6 Å². The quantitative estimate of drug-likeness (QED) is 0.496. The number of nitrogens with two attached hydrogens (primary N) is 1. The summed E-state index contributed by atoms with van der Waals surface area (Å²) in [6.07, 6.45) is 5.14. The Hall–Kier alpha value is -1.47. The SMILES string of the molecule is CC.CCC(C)C(=O)C1CCC1.COCCC(=O)NCCOCCC(N)=O.[HH].[HH]. The third kappa shape index (κ3) is 16.4. The summed E-state index contributed by atoms with van der Waals surface area (Å²) in [6.45, 7) is 9.65. The molecule has 1 rings (SSSR count). The lowest BCUT2D eigenvalue weighted by atomic mass is 9.78. The van der Waals surface area contributed by atoms with E-state index in [9.17, 15) is 14.4 Å². The van der Waals surface area contributed by atoms with Crippen LogP contribution in [0.5, 0.6) is 0 Å². The maximum absolute atomic E-state index is 11.4. The highest BCUT2D eigenvalue weighted by Gasteiger charge is 2.27. The lowest BCUT2D eigenvalue weighted by Gasteiger charge is -2.26. The predicted octanol–water partition coefficient (Wildman–Crippen LogP) is 2.95. The molecule has 27 heavy (non-hydrogen) atoms. The molecule has 0 aliphatic heterocycles. The smallest absolute Gasteiger partial charge is 0.222 e. The molecule has 2 amide bonds. The van der Waals surface area contributed by atoms with E-state index in [1.165, 1.54) is 6.42 Å². The van der Waals surface area contributed by atoms with Crippen molar-refractivity contribution in [2.24, 2.45) is 17.6 Å². The fourth-order valence-corrected chi connectivity index (χ4v) is 2.12. The molecule has 0 aromatic rings. The van der Waals surface area contributed by atoms with E-state index in [-0.39, 0.29) is 21.1 Å². The zero-order valence-electron chi connectivity index (χ0n) is 17.8. The van der Waals surface area contributed by atoms with Crippen molar-refractivity contribution in [1.82, 2.24) is 5.32 Å². The molecule has 0 bridgehead atoms. The number of ether oxygens (including phenoxy) is 2. The van der Waals surface area contributed by atoms with Crippen LogP contribution in [0.2, 0.25) is 0 Å². The molecule has 164 valence electrons. The molecule has 1 atom stereocenters. The Kier molecular flexibility index (Phi) is 19.8. The molecule has 0 saturated heterocycles. The van der Waals surface area contributed by atoms with Crippen molar-refractivity contribution in [1.29, 1.82) is 0 Å². The van der Waals surface area contributed by atoms with Crippen molar-refractivity contribution in [2.75, 3.05) is 33.5 Å². The van der Waals surface area contributed by atoms with Gasteiger partial charge in [-0.1, -0.05) is 34.1 Å². The van der Waals surface area contributed by atoms with Gasteiger partial charge in [-0.15, -0.1) is 0 Å². The Morgan fingerprint density at radius 1 is 1.15 bits per heavy atom. The fourth-order valence-electron chi connectivity index (χ4n) is 2.12. The third-order valence-electron chi connectivity index (χ3n) is 4.20. The number of Topliss-reactive ketones (excluding diaryl/α,β-unsaturated/α-hetero) is 1. The van der Waals surface area contributed by atoms with Gasteiger partial charge in [0, 0.05) is 41.2 Å². The molecule has 1 unspecified atom stereocenters. The number of carbonyl (C=O) groups is 3. The molecule has 1 aliphatic carbocycles. The molecule has 0 radical (unpaired) electrons. The molecule has 1 saturated carbocycles. The molecule has 7 nitrogen and oxygen atoms in total. The van der Waals surface area contributed by atoms with Crippen LogP contribution in [0.1, 0.15) is 69.1 Å². The minimum absolute atomic E-state index is 0. The van der Waals surface area contributed by atoms with Gasteiger partial charge >= 0.3 is 0 Å². The van der Waals surface area contributed by atoms with Gasteiger partial charge in [0.1, 0.15) is 5.78 Å². The van der Waals surface area contributed by atoms with Crippen LogP contribution in [-0.2, 0) is 23.9 Å². The van der Waals surface area contributed by atoms with E-state index in [4.69, 9.17) is 15.2 Å². The third-order valence-corrected chi connectivity index (χ3v) is 4.20. The van der Waals surface area contributed by atoms with Gasteiger partial charge in [0.05, 0.1) is 19.8 Å². The van der Waals surface area contributed by atoms with E-state index in [0.717, 1.165) is 19.3 Å². The van der Waals surface area contributed by atoms with Crippen LogP contribution in [0.4, 0.5) is 0 Å². The van der Waals surface area contributed by atoms with E-state index < -0.39 is 0 Å². The van der Waals surface area contributed by atoms with Gasteiger partial charge in [-0.3, -0.25) is 14.4 Å². The van der Waals surface area contributed by atoms with Crippen LogP contribution in [0.15, 0.2) is 0 Å². The second-order valence-electron chi connectivity index (χ2n) is 6.26. The maximum Gasteiger partial charge on any atom is 0.222 e. The molecule has 0 aromatic heterocycles. The normalized spacial score (nSPS) is 13.8. The van der Waals surface area contributed by atoms with E-state index in [1.807, 2.05) is 20.8 Å². The number of primary amides is 1. The Balaban J connectivity index is -0.000000195. The van der Waals surface area contributed by atoms with Gasteiger partial charge < -0.3 is 20.5 Å². The first-order valence-corrected chi connectivity index (χ1v) is 10.1. The van der Waals surface area contributed by atoms with Crippen molar-refractivity contribution in [2.45, 2.75) is 66.2 Å². The van der Waals surface area contributed by atoms with Gasteiger partial charge in [0.25, 0.3) is 0 Å². The molecule has 3 N–H and O–H groups in total. The van der Waals surface area contributed by atoms with Gasteiger partial charge in [-0.2, -0.15) is 0 Å². The van der Waals surface area contributed by atoms with Crippen molar-refractivity contribution in [3.05, 3.63) is 0 Å². The van der Waals surface area contributed by atoms with Crippen molar-refractivity contribution < 1.29 is 26.7 Å². The van der Waals surface area contributed by atoms with Crippen LogP contribution >= 0.6 is 0 Å². The minimum Gasteiger partial charge on any atom is -0.384 e. The molecule has 1 aliphatic rings. The van der Waals surface area contributed by atoms with Crippen LogP contribution < -0.4 is 11.1 Å². The Labute approximate surface area is 167 Å². The highest BCUT2D eigenvalue weighted by atomic mass is 16.5. The van der Waals surface area contributed by atoms with Crippen molar-refractivity contribution in [3.63, 3.8) is 0 Å². The lowest BCUT2D eigenvalue weighted by Crippen LogP contribution is -2.28. The summed E-state index contributed by atoms with van der Waals surface area (Å²) in [7, 11) is 1.54. The molecule has 1 fully saturated rings. The average Bonchev–Trinajstić information content (AvgIpc) is 2.62.